The van der Waals surface area contributed by atoms with Crippen molar-refractivity contribution in [2.24, 2.45) is 0 Å². The van der Waals surface area contributed by atoms with Crippen LogP contribution in [0.2, 0.25) is 0 Å². The predicted octanol–water partition coefficient (Wildman–Crippen LogP) is 4.08. The zero-order chi connectivity index (χ0) is 15.6. The topological polar surface area (TPSA) is 59.1 Å². The Labute approximate surface area is 133 Å². The van der Waals surface area contributed by atoms with Crippen molar-refractivity contribution in [1.82, 2.24) is 4.98 Å². The smallest absolute Gasteiger partial charge is 0.262 e. The Bertz CT molecular complexity index is 744. The first-order valence-electron chi connectivity index (χ1n) is 6.54. The van der Waals surface area contributed by atoms with Gasteiger partial charge in [-0.05, 0) is 48.2 Å². The molecule has 0 amide bonds. The number of anilines is 1. The lowest BCUT2D eigenvalue weighted by atomic mass is 10.0. The van der Waals surface area contributed by atoms with E-state index in [9.17, 15) is 8.42 Å². The van der Waals surface area contributed by atoms with Gasteiger partial charge in [0.2, 0.25) is 0 Å². The molecule has 4 nitrogen and oxygen atoms in total. The van der Waals surface area contributed by atoms with Gasteiger partial charge >= 0.3 is 0 Å². The van der Waals surface area contributed by atoms with Gasteiger partial charge in [0, 0.05) is 10.7 Å². The SMILES string of the molecule is Cc1cc(S(=O)(=O)Nc2cccnc2)c(C(C)C)cc1Br. The normalized spacial score (nSPS) is 11.7. The van der Waals surface area contributed by atoms with Crippen molar-refractivity contribution in [3.8, 4) is 0 Å². The average Bonchev–Trinajstić information content (AvgIpc) is 2.41. The van der Waals surface area contributed by atoms with Gasteiger partial charge in [0.1, 0.15) is 0 Å². The molecule has 112 valence electrons. The van der Waals surface area contributed by atoms with Crippen LogP contribution < -0.4 is 4.72 Å². The summed E-state index contributed by atoms with van der Waals surface area (Å²) in [5.74, 6) is 0.0994. The minimum atomic E-state index is -3.64. The molecule has 0 aliphatic heterocycles. The molecule has 1 aromatic carbocycles. The van der Waals surface area contributed by atoms with Gasteiger partial charge in [0.15, 0.2) is 0 Å². The number of aromatic nitrogens is 1. The fraction of sp³-hybridized carbons (Fsp3) is 0.267. The van der Waals surface area contributed by atoms with Gasteiger partial charge in [-0.15, -0.1) is 0 Å². The van der Waals surface area contributed by atoms with E-state index in [0.29, 0.717) is 10.6 Å². The summed E-state index contributed by atoms with van der Waals surface area (Å²) in [6.07, 6.45) is 3.08. The molecular weight excluding hydrogens is 352 g/mol. The number of nitrogens with zero attached hydrogens (tertiary/aromatic N) is 1. The maximum atomic E-state index is 12.6. The standard InChI is InChI=1S/C15H17BrN2O2S/c1-10(2)13-8-14(16)11(3)7-15(13)21(19,20)18-12-5-4-6-17-9-12/h4-10,18H,1-3H3. The Morgan fingerprint density at radius 2 is 2.00 bits per heavy atom. The Balaban J connectivity index is 2.51. The first-order valence-corrected chi connectivity index (χ1v) is 8.82. The highest BCUT2D eigenvalue weighted by atomic mass is 79.9. The summed E-state index contributed by atoms with van der Waals surface area (Å²) >= 11 is 3.46. The fourth-order valence-corrected chi connectivity index (χ4v) is 3.83. The number of halogens is 1. The van der Waals surface area contributed by atoms with Crippen molar-refractivity contribution in [3.63, 3.8) is 0 Å². The highest BCUT2D eigenvalue weighted by Crippen LogP contribution is 2.30. The Kier molecular flexibility index (Phi) is 4.68. The summed E-state index contributed by atoms with van der Waals surface area (Å²) in [7, 11) is -3.64. The second-order valence-electron chi connectivity index (χ2n) is 5.14. The molecule has 0 spiro atoms. The molecule has 2 rings (SSSR count). The van der Waals surface area contributed by atoms with Crippen molar-refractivity contribution < 1.29 is 8.42 Å². The van der Waals surface area contributed by atoms with Crippen LogP contribution in [0.3, 0.4) is 0 Å². The molecule has 0 atom stereocenters. The van der Waals surface area contributed by atoms with Gasteiger partial charge < -0.3 is 0 Å². The van der Waals surface area contributed by atoms with E-state index in [4.69, 9.17) is 0 Å². The Morgan fingerprint density at radius 3 is 2.57 bits per heavy atom. The van der Waals surface area contributed by atoms with Crippen molar-refractivity contribution in [2.75, 3.05) is 4.72 Å². The van der Waals surface area contributed by atoms with Crippen LogP contribution >= 0.6 is 15.9 Å². The maximum Gasteiger partial charge on any atom is 0.262 e. The zero-order valence-electron chi connectivity index (χ0n) is 12.1. The lowest BCUT2D eigenvalue weighted by molar-refractivity contribution is 0.598. The summed E-state index contributed by atoms with van der Waals surface area (Å²) in [6.45, 7) is 5.82. The lowest BCUT2D eigenvalue weighted by Gasteiger charge is -2.16. The third-order valence-electron chi connectivity index (χ3n) is 3.12. The maximum absolute atomic E-state index is 12.6. The summed E-state index contributed by atoms with van der Waals surface area (Å²) in [4.78, 5) is 4.22. The molecule has 0 saturated heterocycles. The quantitative estimate of drug-likeness (QED) is 0.884. The number of sulfonamides is 1. The number of hydrogen-bond acceptors (Lipinski definition) is 3. The van der Waals surface area contributed by atoms with E-state index in [1.807, 2.05) is 26.8 Å². The van der Waals surface area contributed by atoms with Crippen molar-refractivity contribution in [2.45, 2.75) is 31.6 Å². The third kappa shape index (κ3) is 3.63. The van der Waals surface area contributed by atoms with Crippen LogP contribution in [0.1, 0.15) is 30.9 Å². The molecule has 1 N–H and O–H groups in total. The van der Waals surface area contributed by atoms with Crippen LogP contribution in [0.4, 0.5) is 5.69 Å². The number of aryl methyl sites for hydroxylation is 1. The number of rotatable bonds is 4. The molecule has 0 radical (unpaired) electrons. The molecule has 1 aromatic heterocycles. The van der Waals surface area contributed by atoms with E-state index < -0.39 is 10.0 Å². The lowest BCUT2D eigenvalue weighted by Crippen LogP contribution is -2.16. The van der Waals surface area contributed by atoms with Gasteiger partial charge in [-0.3, -0.25) is 9.71 Å². The molecule has 1 heterocycles. The number of benzene rings is 1. The molecule has 0 aliphatic carbocycles. The molecule has 0 aliphatic rings. The first-order chi connectivity index (χ1) is 9.81. The molecular formula is C15H17BrN2O2S. The van der Waals surface area contributed by atoms with Crippen LogP contribution in [-0.4, -0.2) is 13.4 Å². The molecule has 0 unspecified atom stereocenters. The second kappa shape index (κ2) is 6.15. The van der Waals surface area contributed by atoms with Crippen molar-refractivity contribution >= 4 is 31.6 Å². The molecule has 6 heteroatoms. The Hall–Kier alpha value is -1.40. The summed E-state index contributed by atoms with van der Waals surface area (Å²) < 4.78 is 28.8. The summed E-state index contributed by atoms with van der Waals surface area (Å²) in [5, 5.41) is 0. The molecule has 0 fully saturated rings. The highest BCUT2D eigenvalue weighted by Gasteiger charge is 2.21. The molecule has 21 heavy (non-hydrogen) atoms. The second-order valence-corrected chi connectivity index (χ2v) is 7.65. The van der Waals surface area contributed by atoms with Crippen LogP contribution in [0.15, 0.2) is 46.0 Å². The number of hydrogen-bond donors (Lipinski definition) is 1. The zero-order valence-corrected chi connectivity index (χ0v) is 14.5. The fourth-order valence-electron chi connectivity index (χ4n) is 1.99. The Morgan fingerprint density at radius 1 is 1.29 bits per heavy atom. The van der Waals surface area contributed by atoms with Crippen molar-refractivity contribution in [1.29, 1.82) is 0 Å². The van der Waals surface area contributed by atoms with Gasteiger partial charge in [-0.25, -0.2) is 8.42 Å². The summed E-state index contributed by atoms with van der Waals surface area (Å²) in [6, 6.07) is 6.93. The van der Waals surface area contributed by atoms with Crippen LogP contribution in [0.5, 0.6) is 0 Å². The molecule has 2 aromatic rings. The summed E-state index contributed by atoms with van der Waals surface area (Å²) in [5.41, 5.74) is 2.11. The number of pyridine rings is 1. The minimum Gasteiger partial charge on any atom is -0.278 e. The largest absolute Gasteiger partial charge is 0.278 e. The van der Waals surface area contributed by atoms with Gasteiger partial charge in [0.05, 0.1) is 16.8 Å². The minimum absolute atomic E-state index is 0.0994. The van der Waals surface area contributed by atoms with Gasteiger partial charge in [0.25, 0.3) is 10.0 Å². The van der Waals surface area contributed by atoms with E-state index in [2.05, 4.69) is 25.6 Å². The van der Waals surface area contributed by atoms with Crippen LogP contribution in [-0.2, 0) is 10.0 Å². The van der Waals surface area contributed by atoms with Gasteiger partial charge in [-0.1, -0.05) is 29.8 Å². The van der Waals surface area contributed by atoms with E-state index in [1.54, 1.807) is 24.4 Å². The average molecular weight is 369 g/mol. The first kappa shape index (κ1) is 16.0. The highest BCUT2D eigenvalue weighted by molar-refractivity contribution is 9.10. The van der Waals surface area contributed by atoms with Crippen molar-refractivity contribution in [3.05, 3.63) is 52.3 Å². The molecule has 0 saturated carbocycles. The predicted molar refractivity (Wildman–Crippen MR) is 88.0 cm³/mol. The van der Waals surface area contributed by atoms with E-state index in [1.165, 1.54) is 6.20 Å². The third-order valence-corrected chi connectivity index (χ3v) is 5.41. The van der Waals surface area contributed by atoms with E-state index in [0.717, 1.165) is 15.6 Å². The molecule has 0 bridgehead atoms. The van der Waals surface area contributed by atoms with E-state index >= 15 is 0 Å². The van der Waals surface area contributed by atoms with Crippen LogP contribution in [0.25, 0.3) is 0 Å². The van der Waals surface area contributed by atoms with Crippen LogP contribution in [0, 0.1) is 6.92 Å². The monoisotopic (exact) mass is 368 g/mol. The van der Waals surface area contributed by atoms with Gasteiger partial charge in [-0.2, -0.15) is 0 Å². The number of nitrogens with one attached hydrogen (secondary N) is 1. The van der Waals surface area contributed by atoms with E-state index in [-0.39, 0.29) is 5.92 Å².